The van der Waals surface area contributed by atoms with Crippen molar-refractivity contribution in [1.82, 2.24) is 25.5 Å². The summed E-state index contributed by atoms with van der Waals surface area (Å²) in [6.45, 7) is 17.1. The van der Waals surface area contributed by atoms with Gasteiger partial charge in [0.25, 0.3) is 0 Å². The standard InChI is InChI=1S/C42H57N6O8PS/c1-9-11-18-57(52,53)42(22-26(42)10-2)47-37(49)34-20-29(23-48(34)38(50)36(41(5,6)7)46-40(51)56-27-14-12-13-15-27)55-35-21-32(33-24-58-39(45-33)43-25(3)4)44-31-19-28(54-8)16-17-30(31)35/h9-10,16-17,19,21,24-27,29,34,36H,1-2,11-15,18,20,22-23H2,3-8H3,(H,43,45)(H,46,51)(H,47,49)(H,52,53)/t26-,29-,34+,36-,42+/m1/s1. The molecule has 6 atom stereocenters. The second kappa shape index (κ2) is 17.4. The van der Waals surface area contributed by atoms with Gasteiger partial charge in [-0.1, -0.05) is 32.9 Å². The summed E-state index contributed by atoms with van der Waals surface area (Å²) >= 11 is 1.46. The van der Waals surface area contributed by atoms with Crippen molar-refractivity contribution in [3.05, 3.63) is 55.0 Å². The minimum atomic E-state index is -3.95. The molecule has 6 rings (SSSR count). The maximum absolute atomic E-state index is 14.8. The second-order valence-electron chi connectivity index (χ2n) is 16.9. The van der Waals surface area contributed by atoms with Crippen LogP contribution in [0.15, 0.2) is 55.0 Å². The molecule has 2 aromatic heterocycles. The van der Waals surface area contributed by atoms with Gasteiger partial charge < -0.3 is 40.0 Å². The van der Waals surface area contributed by atoms with E-state index in [0.29, 0.717) is 40.2 Å². The molecule has 3 heterocycles. The van der Waals surface area contributed by atoms with Crippen LogP contribution in [0, 0.1) is 11.3 Å². The van der Waals surface area contributed by atoms with Gasteiger partial charge in [-0.15, -0.1) is 24.5 Å². The number of pyridine rings is 1. The Morgan fingerprint density at radius 1 is 1.12 bits per heavy atom. The molecule has 1 aromatic carbocycles. The number of allylic oxidation sites excluding steroid dienone is 1. The smallest absolute Gasteiger partial charge is 0.408 e. The van der Waals surface area contributed by atoms with Crippen LogP contribution in [0.5, 0.6) is 11.5 Å². The summed E-state index contributed by atoms with van der Waals surface area (Å²) < 4.78 is 31.8. The first kappa shape index (κ1) is 43.1. The normalized spacial score (nSPS) is 23.5. The third kappa shape index (κ3) is 9.37. The van der Waals surface area contributed by atoms with Gasteiger partial charge >= 0.3 is 6.09 Å². The van der Waals surface area contributed by atoms with Gasteiger partial charge in [0.2, 0.25) is 19.2 Å². The molecule has 0 radical (unpaired) electrons. The number of nitrogens with zero attached hydrogens (tertiary/aromatic N) is 3. The fraction of sp³-hybridized carbons (Fsp3) is 0.548. The molecule has 3 aliphatic rings. The maximum Gasteiger partial charge on any atom is 0.408 e. The van der Waals surface area contributed by atoms with Gasteiger partial charge in [-0.05, 0) is 69.9 Å². The number of hydrogen-bond acceptors (Lipinski definition) is 11. The molecule has 1 unspecified atom stereocenters. The van der Waals surface area contributed by atoms with Crippen LogP contribution in [0.3, 0.4) is 0 Å². The lowest BCUT2D eigenvalue weighted by Crippen LogP contribution is -2.58. The topological polar surface area (TPSA) is 181 Å². The quantitative estimate of drug-likeness (QED) is 0.0830. The summed E-state index contributed by atoms with van der Waals surface area (Å²) in [5, 5.41) is 11.0. The third-order valence-electron chi connectivity index (χ3n) is 11.1. The number of likely N-dealkylation sites (tertiary alicyclic amines) is 1. The van der Waals surface area contributed by atoms with Crippen molar-refractivity contribution < 1.29 is 38.1 Å². The average Bonchev–Trinajstić information content (AvgIpc) is 3.57. The summed E-state index contributed by atoms with van der Waals surface area (Å²) in [5.41, 5.74) is 1.02. The van der Waals surface area contributed by atoms with Crippen LogP contribution in [0.25, 0.3) is 22.3 Å². The van der Waals surface area contributed by atoms with Gasteiger partial charge in [0.05, 0.1) is 24.9 Å². The minimum absolute atomic E-state index is 0.0115. The van der Waals surface area contributed by atoms with E-state index in [1.54, 1.807) is 37.5 Å². The summed E-state index contributed by atoms with van der Waals surface area (Å²) in [6, 6.07) is 5.27. The molecule has 1 aliphatic heterocycles. The molecular weight excluding hydrogens is 780 g/mol. The fourth-order valence-electron chi connectivity index (χ4n) is 7.86. The Balaban J connectivity index is 1.34. The molecule has 2 aliphatic carbocycles. The number of methoxy groups -OCH3 is 1. The molecule has 58 heavy (non-hydrogen) atoms. The number of aromatic nitrogens is 2. The summed E-state index contributed by atoms with van der Waals surface area (Å²) in [5.74, 6) is -0.442. The van der Waals surface area contributed by atoms with Crippen LogP contribution >= 0.6 is 18.7 Å². The lowest BCUT2D eigenvalue weighted by Gasteiger charge is -2.36. The van der Waals surface area contributed by atoms with Crippen molar-refractivity contribution >= 4 is 52.6 Å². The van der Waals surface area contributed by atoms with E-state index in [0.717, 1.165) is 30.8 Å². The number of ether oxygens (including phenoxy) is 3. The van der Waals surface area contributed by atoms with Crippen LogP contribution in [0.1, 0.15) is 79.6 Å². The Morgan fingerprint density at radius 3 is 2.50 bits per heavy atom. The van der Waals surface area contributed by atoms with E-state index in [1.807, 2.05) is 46.1 Å². The first-order chi connectivity index (χ1) is 27.5. The largest absolute Gasteiger partial charge is 0.497 e. The van der Waals surface area contributed by atoms with E-state index < -0.39 is 60.1 Å². The van der Waals surface area contributed by atoms with Crippen LogP contribution in [-0.2, 0) is 18.9 Å². The minimum Gasteiger partial charge on any atom is -0.497 e. The zero-order valence-corrected chi connectivity index (χ0v) is 36.0. The van der Waals surface area contributed by atoms with Crippen molar-refractivity contribution in [2.75, 3.05) is 25.1 Å². The number of thiazole rings is 1. The van der Waals surface area contributed by atoms with Gasteiger partial charge in [-0.25, -0.2) is 14.8 Å². The highest BCUT2D eigenvalue weighted by molar-refractivity contribution is 7.60. The number of fused-ring (bicyclic) bond motifs is 1. The van der Waals surface area contributed by atoms with Crippen molar-refractivity contribution in [2.45, 2.75) is 115 Å². The molecule has 314 valence electrons. The zero-order chi connectivity index (χ0) is 42.0. The predicted molar refractivity (Wildman–Crippen MR) is 226 cm³/mol. The number of amides is 3. The van der Waals surface area contributed by atoms with E-state index in [2.05, 4.69) is 29.1 Å². The Hall–Kier alpha value is -4.46. The lowest BCUT2D eigenvalue weighted by molar-refractivity contribution is -0.142. The zero-order valence-electron chi connectivity index (χ0n) is 34.3. The number of carbonyl (C=O) groups is 3. The maximum atomic E-state index is 14.8. The molecule has 0 spiro atoms. The van der Waals surface area contributed by atoms with Crippen LogP contribution in [0.2, 0.25) is 0 Å². The van der Waals surface area contributed by atoms with E-state index in [-0.39, 0.29) is 37.7 Å². The fourth-order valence-corrected chi connectivity index (χ4v) is 11.0. The van der Waals surface area contributed by atoms with Gasteiger partial charge in [-0.3, -0.25) is 14.2 Å². The van der Waals surface area contributed by atoms with Gasteiger partial charge in [0.1, 0.15) is 46.8 Å². The monoisotopic (exact) mass is 836 g/mol. The lowest BCUT2D eigenvalue weighted by atomic mass is 9.85. The molecule has 3 amide bonds. The van der Waals surface area contributed by atoms with E-state index in [1.165, 1.54) is 16.2 Å². The summed E-state index contributed by atoms with van der Waals surface area (Å²) in [6.07, 6.45) is 5.54. The highest BCUT2D eigenvalue weighted by Gasteiger charge is 2.65. The summed E-state index contributed by atoms with van der Waals surface area (Å²) in [7, 11) is -2.37. The number of nitrogens with one attached hydrogen (secondary N) is 3. The Morgan fingerprint density at radius 2 is 1.86 bits per heavy atom. The molecular formula is C42H57N6O8PS. The number of benzene rings is 1. The number of rotatable bonds is 16. The van der Waals surface area contributed by atoms with Crippen molar-refractivity contribution in [2.24, 2.45) is 11.3 Å². The molecule has 2 saturated carbocycles. The third-order valence-corrected chi connectivity index (χ3v) is 14.6. The van der Waals surface area contributed by atoms with Gasteiger partial charge in [0, 0.05) is 47.4 Å². The molecule has 1 saturated heterocycles. The van der Waals surface area contributed by atoms with Crippen molar-refractivity contribution in [3.63, 3.8) is 0 Å². The number of carbonyl (C=O) groups excluding carboxylic acids is 3. The molecule has 0 bridgehead atoms. The first-order valence-corrected chi connectivity index (χ1v) is 22.7. The number of anilines is 1. The van der Waals surface area contributed by atoms with Crippen LogP contribution in [-0.4, -0.2) is 93.1 Å². The Bertz CT molecular complexity index is 2080. The number of hydrogen-bond donors (Lipinski definition) is 4. The molecule has 14 nitrogen and oxygen atoms in total. The van der Waals surface area contributed by atoms with Crippen LogP contribution < -0.4 is 25.4 Å². The van der Waals surface area contributed by atoms with Gasteiger partial charge in [-0.2, -0.15) is 0 Å². The Labute approximate surface area is 344 Å². The van der Waals surface area contributed by atoms with E-state index in [9.17, 15) is 23.8 Å². The average molecular weight is 837 g/mol. The highest BCUT2D eigenvalue weighted by Crippen LogP contribution is 2.69. The molecule has 4 N–H and O–H groups in total. The molecule has 3 aromatic rings. The summed E-state index contributed by atoms with van der Waals surface area (Å²) in [4.78, 5) is 64.9. The SMILES string of the molecule is C=CCCP(=O)(O)[C@@]1(NC(=O)[C@@H]2C[C@@H](Oc3cc(-c4csc(NC(C)C)n4)nc4cc(OC)ccc34)CN2C(=O)[C@@H](NC(=O)OC2CCCC2)C(C)(C)C)C[C@H]1C=C. The predicted octanol–water partition coefficient (Wildman–Crippen LogP) is 7.48. The second-order valence-corrected chi connectivity index (χ2v) is 20.4. The van der Waals surface area contributed by atoms with Gasteiger partial charge in [0.15, 0.2) is 5.13 Å². The highest BCUT2D eigenvalue weighted by atomic mass is 32.1. The van der Waals surface area contributed by atoms with Crippen molar-refractivity contribution in [3.8, 4) is 22.9 Å². The van der Waals surface area contributed by atoms with Crippen molar-refractivity contribution in [1.29, 1.82) is 0 Å². The molecule has 16 heteroatoms. The Kier molecular flexibility index (Phi) is 12.9. The molecule has 3 fully saturated rings. The van der Waals surface area contributed by atoms with Crippen LogP contribution in [0.4, 0.5) is 9.93 Å². The number of alkyl carbamates (subject to hydrolysis) is 1. The van der Waals surface area contributed by atoms with E-state index >= 15 is 0 Å². The first-order valence-electron chi connectivity index (χ1n) is 20.0. The van der Waals surface area contributed by atoms with E-state index in [4.69, 9.17) is 24.2 Å².